The van der Waals surface area contributed by atoms with Crippen molar-refractivity contribution in [1.29, 1.82) is 0 Å². The lowest BCUT2D eigenvalue weighted by Crippen LogP contribution is -2.41. The molecule has 1 rings (SSSR count). The van der Waals surface area contributed by atoms with Gasteiger partial charge >= 0.3 is 11.9 Å². The molecule has 1 atom stereocenters. The van der Waals surface area contributed by atoms with Crippen LogP contribution in [-0.4, -0.2) is 50.3 Å². The number of methoxy groups -OCH3 is 1. The maximum absolute atomic E-state index is 12.1. The molecular formula is C12H15NO7S. The van der Waals surface area contributed by atoms with Crippen LogP contribution < -0.4 is 4.72 Å². The molecule has 0 heterocycles. The summed E-state index contributed by atoms with van der Waals surface area (Å²) in [5.74, 6) is -2.12. The molecule has 0 bridgehead atoms. The zero-order valence-electron chi connectivity index (χ0n) is 11.1. The van der Waals surface area contributed by atoms with Gasteiger partial charge in [0.05, 0.1) is 17.6 Å². The van der Waals surface area contributed by atoms with Gasteiger partial charge in [-0.15, -0.1) is 0 Å². The normalized spacial score (nSPS) is 12.7. The summed E-state index contributed by atoms with van der Waals surface area (Å²) in [6.45, 7) is -0.484. The number of aliphatic carboxylic acids is 1. The number of sulfonamides is 1. The Morgan fingerprint density at radius 2 is 2.05 bits per heavy atom. The van der Waals surface area contributed by atoms with Crippen molar-refractivity contribution in [2.24, 2.45) is 0 Å². The largest absolute Gasteiger partial charge is 0.480 e. The number of hydrogen-bond acceptors (Lipinski definition) is 6. The van der Waals surface area contributed by atoms with Crippen LogP contribution in [0.3, 0.4) is 0 Å². The van der Waals surface area contributed by atoms with Crippen LogP contribution in [0.25, 0.3) is 0 Å². The Kier molecular flexibility index (Phi) is 5.82. The van der Waals surface area contributed by atoms with Gasteiger partial charge in [-0.05, 0) is 24.6 Å². The molecule has 0 aliphatic carbocycles. The van der Waals surface area contributed by atoms with Crippen LogP contribution in [0, 0.1) is 0 Å². The third-order valence-corrected chi connectivity index (χ3v) is 4.05. The Morgan fingerprint density at radius 1 is 1.38 bits per heavy atom. The number of carbonyl (C=O) groups is 2. The van der Waals surface area contributed by atoms with Gasteiger partial charge in [0.15, 0.2) is 0 Å². The molecule has 0 aromatic heterocycles. The van der Waals surface area contributed by atoms with Gasteiger partial charge in [-0.25, -0.2) is 13.2 Å². The SMILES string of the molecule is COC(=O)c1cccc(S(=O)(=O)N[C@H](CCO)C(=O)O)c1. The lowest BCUT2D eigenvalue weighted by Gasteiger charge is -2.14. The molecule has 116 valence electrons. The predicted octanol–water partition coefficient (Wildman–Crippen LogP) is -0.413. The first kappa shape index (κ1) is 17.1. The van der Waals surface area contributed by atoms with Gasteiger partial charge in [0, 0.05) is 6.61 Å². The maximum atomic E-state index is 12.1. The molecule has 8 nitrogen and oxygen atoms in total. The quantitative estimate of drug-likeness (QED) is 0.583. The predicted molar refractivity (Wildman–Crippen MR) is 71.2 cm³/mol. The van der Waals surface area contributed by atoms with Gasteiger partial charge in [0.1, 0.15) is 6.04 Å². The minimum atomic E-state index is -4.14. The van der Waals surface area contributed by atoms with E-state index < -0.39 is 34.6 Å². The van der Waals surface area contributed by atoms with E-state index in [4.69, 9.17) is 10.2 Å². The smallest absolute Gasteiger partial charge is 0.337 e. The highest BCUT2D eigenvalue weighted by Gasteiger charge is 2.25. The molecule has 9 heteroatoms. The first-order valence-electron chi connectivity index (χ1n) is 5.86. The highest BCUT2D eigenvalue weighted by Crippen LogP contribution is 2.13. The third-order valence-electron chi connectivity index (χ3n) is 2.58. The lowest BCUT2D eigenvalue weighted by atomic mass is 10.2. The fourth-order valence-electron chi connectivity index (χ4n) is 1.53. The average Bonchev–Trinajstić information content (AvgIpc) is 2.45. The van der Waals surface area contributed by atoms with Crippen LogP contribution in [0.5, 0.6) is 0 Å². The van der Waals surface area contributed by atoms with Crippen molar-refractivity contribution in [2.45, 2.75) is 17.4 Å². The zero-order chi connectivity index (χ0) is 16.0. The fourth-order valence-corrected chi connectivity index (χ4v) is 2.79. The number of carbonyl (C=O) groups excluding carboxylic acids is 1. The van der Waals surface area contributed by atoms with E-state index in [-0.39, 0.29) is 16.9 Å². The third kappa shape index (κ3) is 4.52. The number of rotatable bonds is 7. The number of carboxylic acid groups (broad SMARTS) is 1. The number of aliphatic hydroxyl groups excluding tert-OH is 1. The standard InChI is InChI=1S/C12H15NO7S/c1-20-12(17)8-3-2-4-9(7-8)21(18,19)13-10(5-6-14)11(15)16/h2-4,7,10,13-14H,5-6H2,1H3,(H,15,16)/t10-/m1/s1. The fraction of sp³-hybridized carbons (Fsp3) is 0.333. The van der Waals surface area contributed by atoms with Crippen LogP contribution in [0.4, 0.5) is 0 Å². The summed E-state index contributed by atoms with van der Waals surface area (Å²) in [5, 5.41) is 17.6. The van der Waals surface area contributed by atoms with Crippen molar-refractivity contribution < 1.29 is 33.0 Å². The van der Waals surface area contributed by atoms with Crippen molar-refractivity contribution in [3.05, 3.63) is 29.8 Å². The molecule has 0 fully saturated rings. The van der Waals surface area contributed by atoms with E-state index >= 15 is 0 Å². The summed E-state index contributed by atoms with van der Waals surface area (Å²) >= 11 is 0. The molecule has 0 radical (unpaired) electrons. The number of hydrogen-bond donors (Lipinski definition) is 3. The van der Waals surface area contributed by atoms with Crippen LogP contribution in [0.1, 0.15) is 16.8 Å². The molecule has 3 N–H and O–H groups in total. The number of nitrogens with one attached hydrogen (secondary N) is 1. The van der Waals surface area contributed by atoms with Crippen molar-refractivity contribution >= 4 is 22.0 Å². The second-order valence-electron chi connectivity index (χ2n) is 4.04. The molecule has 1 aromatic rings. The molecule has 0 amide bonds. The highest BCUT2D eigenvalue weighted by molar-refractivity contribution is 7.89. The Hall–Kier alpha value is -1.97. The Labute approximate surface area is 121 Å². The van der Waals surface area contributed by atoms with Crippen molar-refractivity contribution in [1.82, 2.24) is 4.72 Å². The minimum absolute atomic E-state index is 0.0226. The number of aliphatic hydroxyl groups is 1. The second-order valence-corrected chi connectivity index (χ2v) is 5.76. The molecule has 0 aliphatic rings. The van der Waals surface area contributed by atoms with E-state index in [9.17, 15) is 18.0 Å². The van der Waals surface area contributed by atoms with Crippen molar-refractivity contribution in [3.63, 3.8) is 0 Å². The van der Waals surface area contributed by atoms with Crippen molar-refractivity contribution in [2.75, 3.05) is 13.7 Å². The molecule has 0 saturated carbocycles. The Bertz CT molecular complexity index is 626. The molecule has 1 aromatic carbocycles. The highest BCUT2D eigenvalue weighted by atomic mass is 32.2. The number of benzene rings is 1. The summed E-state index contributed by atoms with van der Waals surface area (Å²) in [7, 11) is -2.98. The maximum Gasteiger partial charge on any atom is 0.337 e. The molecule has 0 aliphatic heterocycles. The van der Waals surface area contributed by atoms with E-state index in [1.54, 1.807) is 0 Å². The first-order chi connectivity index (χ1) is 9.81. The van der Waals surface area contributed by atoms with Gasteiger partial charge in [-0.3, -0.25) is 4.79 Å². The summed E-state index contributed by atoms with van der Waals surface area (Å²) in [6.07, 6.45) is -0.273. The molecule has 0 saturated heterocycles. The van der Waals surface area contributed by atoms with Gasteiger partial charge in [-0.1, -0.05) is 6.07 Å². The topological polar surface area (TPSA) is 130 Å². The van der Waals surface area contributed by atoms with Gasteiger partial charge in [-0.2, -0.15) is 4.72 Å². The van der Waals surface area contributed by atoms with Gasteiger partial charge in [0.25, 0.3) is 0 Å². The monoisotopic (exact) mass is 317 g/mol. The van der Waals surface area contributed by atoms with E-state index in [1.807, 2.05) is 4.72 Å². The lowest BCUT2D eigenvalue weighted by molar-refractivity contribution is -0.139. The second kappa shape index (κ2) is 7.16. The summed E-state index contributed by atoms with van der Waals surface area (Å²) in [4.78, 5) is 22.0. The van der Waals surface area contributed by atoms with Crippen LogP contribution in [0.15, 0.2) is 29.2 Å². The van der Waals surface area contributed by atoms with E-state index in [0.717, 1.165) is 13.2 Å². The number of ether oxygens (including phenoxy) is 1. The summed E-state index contributed by atoms with van der Waals surface area (Å²) in [6, 6.07) is 3.54. The molecule has 21 heavy (non-hydrogen) atoms. The minimum Gasteiger partial charge on any atom is -0.480 e. The molecular weight excluding hydrogens is 302 g/mol. The zero-order valence-corrected chi connectivity index (χ0v) is 12.0. The van der Waals surface area contributed by atoms with E-state index in [2.05, 4.69) is 4.74 Å². The molecule has 0 unspecified atom stereocenters. The Morgan fingerprint density at radius 3 is 2.57 bits per heavy atom. The molecule has 0 spiro atoms. The van der Waals surface area contributed by atoms with E-state index in [0.29, 0.717) is 0 Å². The van der Waals surface area contributed by atoms with Gasteiger partial charge in [0.2, 0.25) is 10.0 Å². The Balaban J connectivity index is 3.07. The van der Waals surface area contributed by atoms with Gasteiger partial charge < -0.3 is 14.9 Å². The van der Waals surface area contributed by atoms with Crippen molar-refractivity contribution in [3.8, 4) is 0 Å². The van der Waals surface area contributed by atoms with Crippen LogP contribution in [-0.2, 0) is 19.6 Å². The first-order valence-corrected chi connectivity index (χ1v) is 7.34. The van der Waals surface area contributed by atoms with Crippen LogP contribution >= 0.6 is 0 Å². The summed E-state index contributed by atoms with van der Waals surface area (Å²) < 4.78 is 30.6. The summed E-state index contributed by atoms with van der Waals surface area (Å²) in [5.41, 5.74) is 0.0226. The van der Waals surface area contributed by atoms with E-state index in [1.165, 1.54) is 18.2 Å². The number of carboxylic acids is 1. The van der Waals surface area contributed by atoms with Crippen LogP contribution in [0.2, 0.25) is 0 Å². The average molecular weight is 317 g/mol. The number of esters is 1.